The van der Waals surface area contributed by atoms with Crippen LogP contribution in [0.15, 0.2) is 60.2 Å². The van der Waals surface area contributed by atoms with Crippen LogP contribution in [-0.2, 0) is 19.1 Å². The van der Waals surface area contributed by atoms with E-state index < -0.39 is 18.5 Å². The number of allylic oxidation sites excluding steroid dienone is 2. The Morgan fingerprint density at radius 2 is 1.70 bits per heavy atom. The van der Waals surface area contributed by atoms with Crippen molar-refractivity contribution >= 4 is 35.1 Å². The summed E-state index contributed by atoms with van der Waals surface area (Å²) in [7, 11) is 0. The van der Waals surface area contributed by atoms with Crippen LogP contribution in [0, 0.1) is 30.6 Å². The number of fused-ring (bicyclic) bond motifs is 5. The van der Waals surface area contributed by atoms with Gasteiger partial charge in [-0.3, -0.25) is 19.3 Å². The first kappa shape index (κ1) is 21.1. The van der Waals surface area contributed by atoms with E-state index in [9.17, 15) is 19.2 Å². The third-order valence-corrected chi connectivity index (χ3v) is 7.00. The van der Waals surface area contributed by atoms with Gasteiger partial charge in [-0.2, -0.15) is 0 Å². The Labute approximate surface area is 191 Å². The van der Waals surface area contributed by atoms with Crippen molar-refractivity contribution in [3.8, 4) is 0 Å². The number of carbonyl (C=O) groups excluding carboxylic acids is 4. The molecule has 7 nitrogen and oxygen atoms in total. The molecule has 2 fully saturated rings. The molecule has 1 heterocycles. The Bertz CT molecular complexity index is 1200. The molecule has 2 bridgehead atoms. The fourth-order valence-electron chi connectivity index (χ4n) is 5.39. The molecule has 7 heteroatoms. The fraction of sp³-hybridized carbons (Fsp3) is 0.308. The quantitative estimate of drug-likeness (QED) is 0.433. The van der Waals surface area contributed by atoms with E-state index in [1.54, 1.807) is 18.2 Å². The summed E-state index contributed by atoms with van der Waals surface area (Å²) in [6, 6.07) is 13.5. The molecule has 168 valence electrons. The number of nitrogens with zero attached hydrogens (tertiary/aromatic N) is 1. The third-order valence-electron chi connectivity index (χ3n) is 7.00. The predicted molar refractivity (Wildman–Crippen MR) is 121 cm³/mol. The SMILES string of the molecule is CC1=C[C@H]2C[C@H]1[C@H]1C(=O)N(c3ccc(C(=O)OCC(=O)Nc4ccccc4C)cc3)C(=O)[C@@H]12. The molecule has 0 unspecified atom stereocenters. The highest BCUT2D eigenvalue weighted by molar-refractivity contribution is 6.23. The molecule has 1 aliphatic heterocycles. The zero-order valence-electron chi connectivity index (χ0n) is 18.4. The van der Waals surface area contributed by atoms with E-state index in [-0.39, 0.29) is 41.0 Å². The van der Waals surface area contributed by atoms with E-state index in [4.69, 9.17) is 4.74 Å². The van der Waals surface area contributed by atoms with Crippen molar-refractivity contribution in [1.29, 1.82) is 0 Å². The Balaban J connectivity index is 1.22. The fourth-order valence-corrected chi connectivity index (χ4v) is 5.39. The summed E-state index contributed by atoms with van der Waals surface area (Å²) < 4.78 is 5.11. The minimum absolute atomic E-state index is 0.140. The van der Waals surface area contributed by atoms with Crippen molar-refractivity contribution in [2.24, 2.45) is 23.7 Å². The van der Waals surface area contributed by atoms with Gasteiger partial charge in [0.2, 0.25) is 11.8 Å². The lowest BCUT2D eigenvalue weighted by Crippen LogP contribution is -2.33. The molecule has 2 aromatic rings. The molecule has 1 saturated heterocycles. The minimum atomic E-state index is -0.657. The van der Waals surface area contributed by atoms with E-state index in [2.05, 4.69) is 11.4 Å². The Morgan fingerprint density at radius 1 is 1.00 bits per heavy atom. The normalized spacial score (nSPS) is 25.2. The number of imide groups is 1. The lowest BCUT2D eigenvalue weighted by atomic mass is 9.82. The topological polar surface area (TPSA) is 92.8 Å². The van der Waals surface area contributed by atoms with Crippen molar-refractivity contribution in [2.45, 2.75) is 20.3 Å². The number of ether oxygens (including phenoxy) is 1. The predicted octanol–water partition coefficient (Wildman–Crippen LogP) is 3.49. The van der Waals surface area contributed by atoms with Crippen molar-refractivity contribution in [3.05, 3.63) is 71.3 Å². The second-order valence-corrected chi connectivity index (χ2v) is 8.97. The van der Waals surface area contributed by atoms with Crippen LogP contribution in [0.3, 0.4) is 0 Å². The second kappa shape index (κ2) is 7.99. The maximum absolute atomic E-state index is 13.0. The van der Waals surface area contributed by atoms with Gasteiger partial charge in [0.1, 0.15) is 0 Å². The number of benzene rings is 2. The maximum Gasteiger partial charge on any atom is 0.338 e. The lowest BCUT2D eigenvalue weighted by Gasteiger charge is -2.19. The molecule has 2 aromatic carbocycles. The molecular weight excluding hydrogens is 420 g/mol. The monoisotopic (exact) mass is 444 g/mol. The molecule has 0 radical (unpaired) electrons. The number of rotatable bonds is 5. The first-order chi connectivity index (χ1) is 15.8. The molecule has 0 spiro atoms. The van der Waals surface area contributed by atoms with Crippen LogP contribution in [0.1, 0.15) is 29.3 Å². The van der Waals surface area contributed by atoms with Crippen LogP contribution >= 0.6 is 0 Å². The van der Waals surface area contributed by atoms with Crippen molar-refractivity contribution in [2.75, 3.05) is 16.8 Å². The molecule has 1 N–H and O–H groups in total. The van der Waals surface area contributed by atoms with Crippen LogP contribution in [-0.4, -0.2) is 30.3 Å². The van der Waals surface area contributed by atoms with E-state index in [0.29, 0.717) is 11.4 Å². The van der Waals surface area contributed by atoms with Crippen LogP contribution < -0.4 is 10.2 Å². The minimum Gasteiger partial charge on any atom is -0.452 e. The summed E-state index contributed by atoms with van der Waals surface area (Å²) >= 11 is 0. The summed E-state index contributed by atoms with van der Waals surface area (Å²) in [5.74, 6) is -1.67. The molecule has 3 amide bonds. The van der Waals surface area contributed by atoms with Gasteiger partial charge in [0.05, 0.1) is 23.1 Å². The summed E-state index contributed by atoms with van der Waals surface area (Å²) in [6.07, 6.45) is 3.02. The number of carbonyl (C=O) groups is 4. The van der Waals surface area contributed by atoms with Gasteiger partial charge in [0, 0.05) is 5.69 Å². The molecule has 33 heavy (non-hydrogen) atoms. The molecule has 2 aliphatic carbocycles. The summed E-state index contributed by atoms with van der Waals surface area (Å²) in [5, 5.41) is 2.71. The van der Waals surface area contributed by atoms with Gasteiger partial charge in [-0.05, 0) is 68.0 Å². The second-order valence-electron chi connectivity index (χ2n) is 8.97. The summed E-state index contributed by atoms with van der Waals surface area (Å²) in [4.78, 5) is 51.8. The molecule has 1 saturated carbocycles. The van der Waals surface area contributed by atoms with Crippen LogP contribution in [0.25, 0.3) is 0 Å². The van der Waals surface area contributed by atoms with Gasteiger partial charge < -0.3 is 10.1 Å². The molecular formula is C26H24N2O5. The number of esters is 1. The van der Waals surface area contributed by atoms with E-state index >= 15 is 0 Å². The number of anilines is 2. The number of nitrogens with one attached hydrogen (secondary N) is 1. The van der Waals surface area contributed by atoms with Gasteiger partial charge in [0.25, 0.3) is 5.91 Å². The first-order valence-corrected chi connectivity index (χ1v) is 11.0. The highest BCUT2D eigenvalue weighted by Crippen LogP contribution is 2.55. The molecule has 0 aromatic heterocycles. The van der Waals surface area contributed by atoms with Crippen molar-refractivity contribution in [3.63, 3.8) is 0 Å². The van der Waals surface area contributed by atoms with Gasteiger partial charge >= 0.3 is 5.97 Å². The van der Waals surface area contributed by atoms with Gasteiger partial charge in [0.15, 0.2) is 6.61 Å². The number of hydrogen-bond acceptors (Lipinski definition) is 5. The molecule has 4 atom stereocenters. The van der Waals surface area contributed by atoms with Crippen LogP contribution in [0.5, 0.6) is 0 Å². The zero-order valence-corrected chi connectivity index (χ0v) is 18.4. The van der Waals surface area contributed by atoms with Gasteiger partial charge in [-0.25, -0.2) is 4.79 Å². The average molecular weight is 444 g/mol. The Hall–Kier alpha value is -3.74. The Morgan fingerprint density at radius 3 is 2.42 bits per heavy atom. The van der Waals surface area contributed by atoms with Gasteiger partial charge in [-0.1, -0.05) is 29.8 Å². The number of aryl methyl sites for hydroxylation is 1. The number of amides is 3. The standard InChI is InChI=1S/C26H24N2O5/c1-14-5-3-4-6-20(14)27-21(29)13-33-26(32)16-7-9-18(10-8-16)28-24(30)22-17-11-15(2)19(12-17)23(22)25(28)31/h3-11,17,19,22-23H,12-13H2,1-2H3,(H,27,29)/t17-,19+,22+,23+/m0/s1. The van der Waals surface area contributed by atoms with E-state index in [0.717, 1.165) is 12.0 Å². The Kier molecular flexibility index (Phi) is 5.12. The summed E-state index contributed by atoms with van der Waals surface area (Å²) in [5.41, 5.74) is 3.45. The number of para-hydroxylation sites is 1. The highest BCUT2D eigenvalue weighted by Gasteiger charge is 2.60. The largest absolute Gasteiger partial charge is 0.452 e. The average Bonchev–Trinajstić information content (AvgIpc) is 3.44. The molecule has 5 rings (SSSR count). The summed E-state index contributed by atoms with van der Waals surface area (Å²) in [6.45, 7) is 3.48. The van der Waals surface area contributed by atoms with Crippen molar-refractivity contribution < 1.29 is 23.9 Å². The number of hydrogen-bond donors (Lipinski definition) is 1. The highest BCUT2D eigenvalue weighted by atomic mass is 16.5. The van der Waals surface area contributed by atoms with Gasteiger partial charge in [-0.15, -0.1) is 0 Å². The van der Waals surface area contributed by atoms with E-state index in [1.807, 2.05) is 32.0 Å². The van der Waals surface area contributed by atoms with Crippen LogP contribution in [0.2, 0.25) is 0 Å². The zero-order chi connectivity index (χ0) is 23.3. The van der Waals surface area contributed by atoms with Crippen LogP contribution in [0.4, 0.5) is 11.4 Å². The third kappa shape index (κ3) is 3.53. The van der Waals surface area contributed by atoms with E-state index in [1.165, 1.54) is 22.6 Å². The smallest absolute Gasteiger partial charge is 0.338 e. The molecule has 3 aliphatic rings. The first-order valence-electron chi connectivity index (χ1n) is 11.0. The maximum atomic E-state index is 13.0. The van der Waals surface area contributed by atoms with Crippen molar-refractivity contribution in [1.82, 2.24) is 0 Å². The lowest BCUT2D eigenvalue weighted by molar-refractivity contribution is -0.123.